The van der Waals surface area contributed by atoms with Crippen LogP contribution in [0.3, 0.4) is 0 Å². The molecule has 0 aliphatic rings. The molecule has 1 aromatic heterocycles. The van der Waals surface area contributed by atoms with Crippen LogP contribution >= 0.6 is 11.8 Å². The van der Waals surface area contributed by atoms with Crippen molar-refractivity contribution in [3.05, 3.63) is 95.2 Å². The van der Waals surface area contributed by atoms with Crippen molar-refractivity contribution in [2.24, 2.45) is 5.73 Å². The van der Waals surface area contributed by atoms with Gasteiger partial charge in [0.05, 0.1) is 11.1 Å². The number of hydrogen-bond acceptors (Lipinski definition) is 3. The molecule has 0 saturated heterocycles. The topological polar surface area (TPSA) is 38.9 Å². The fraction of sp³-hybridized carbons (Fsp3) is 0.150. The summed E-state index contributed by atoms with van der Waals surface area (Å²) < 4.78 is 0. The van der Waals surface area contributed by atoms with Gasteiger partial charge in [-0.05, 0) is 35.2 Å². The molecule has 0 aliphatic carbocycles. The van der Waals surface area contributed by atoms with Crippen LogP contribution in [0.1, 0.15) is 28.3 Å². The van der Waals surface area contributed by atoms with Crippen LogP contribution in [0.4, 0.5) is 0 Å². The van der Waals surface area contributed by atoms with Crippen molar-refractivity contribution in [2.45, 2.75) is 23.7 Å². The fourth-order valence-electron chi connectivity index (χ4n) is 2.48. The minimum atomic E-state index is -0.129. The minimum absolute atomic E-state index is 0.129. The fourth-order valence-corrected chi connectivity index (χ4v) is 3.39. The van der Waals surface area contributed by atoms with Crippen LogP contribution in [0.15, 0.2) is 78.0 Å². The Hall–Kier alpha value is -2.10. The Morgan fingerprint density at radius 3 is 2.26 bits per heavy atom. The van der Waals surface area contributed by atoms with E-state index in [0.29, 0.717) is 0 Å². The molecular formula is C20H20N2S. The highest BCUT2D eigenvalue weighted by Crippen LogP contribution is 2.27. The minimum Gasteiger partial charge on any atom is -0.320 e. The predicted octanol–water partition coefficient (Wildman–Crippen LogP) is 4.73. The average Bonchev–Trinajstić information content (AvgIpc) is 2.61. The summed E-state index contributed by atoms with van der Waals surface area (Å²) in [5.74, 6) is 0.929. The quantitative estimate of drug-likeness (QED) is 0.691. The van der Waals surface area contributed by atoms with E-state index in [0.717, 1.165) is 21.9 Å². The van der Waals surface area contributed by atoms with Crippen molar-refractivity contribution < 1.29 is 0 Å². The third-order valence-corrected chi connectivity index (χ3v) is 4.97. The first-order chi connectivity index (χ1) is 11.2. The highest BCUT2D eigenvalue weighted by Gasteiger charge is 2.11. The van der Waals surface area contributed by atoms with Gasteiger partial charge in [0.2, 0.25) is 0 Å². The van der Waals surface area contributed by atoms with E-state index in [2.05, 4.69) is 54.4 Å². The van der Waals surface area contributed by atoms with Crippen molar-refractivity contribution in [1.82, 2.24) is 4.98 Å². The first-order valence-electron chi connectivity index (χ1n) is 7.68. The van der Waals surface area contributed by atoms with E-state index in [-0.39, 0.29) is 6.04 Å². The molecule has 0 saturated carbocycles. The van der Waals surface area contributed by atoms with Crippen LogP contribution in [-0.2, 0) is 5.75 Å². The van der Waals surface area contributed by atoms with E-state index in [1.165, 1.54) is 11.1 Å². The van der Waals surface area contributed by atoms with E-state index in [1.54, 1.807) is 11.8 Å². The average molecular weight is 320 g/mol. The number of hydrogen-bond donors (Lipinski definition) is 1. The summed E-state index contributed by atoms with van der Waals surface area (Å²) in [6.07, 6.45) is 1.90. The van der Waals surface area contributed by atoms with E-state index in [1.807, 2.05) is 30.5 Å². The van der Waals surface area contributed by atoms with Crippen molar-refractivity contribution in [3.63, 3.8) is 0 Å². The molecule has 3 rings (SSSR count). The van der Waals surface area contributed by atoms with Crippen LogP contribution in [0.2, 0.25) is 0 Å². The van der Waals surface area contributed by atoms with Gasteiger partial charge in [0.25, 0.3) is 0 Å². The molecule has 3 aromatic rings. The van der Waals surface area contributed by atoms with Crippen molar-refractivity contribution >= 4 is 11.8 Å². The Bertz CT molecular complexity index is 757. The summed E-state index contributed by atoms with van der Waals surface area (Å²) in [7, 11) is 0. The molecule has 2 aromatic carbocycles. The lowest BCUT2D eigenvalue weighted by Crippen LogP contribution is -2.12. The Morgan fingerprint density at radius 1 is 0.957 bits per heavy atom. The van der Waals surface area contributed by atoms with Gasteiger partial charge < -0.3 is 5.73 Å². The second-order valence-electron chi connectivity index (χ2n) is 5.55. The Morgan fingerprint density at radius 2 is 1.61 bits per heavy atom. The van der Waals surface area contributed by atoms with Crippen LogP contribution in [-0.4, -0.2) is 4.98 Å². The van der Waals surface area contributed by atoms with Crippen molar-refractivity contribution in [3.8, 4) is 0 Å². The number of thioether (sulfide) groups is 1. The molecule has 0 spiro atoms. The monoisotopic (exact) mass is 320 g/mol. The van der Waals surface area contributed by atoms with Crippen LogP contribution in [0.25, 0.3) is 0 Å². The lowest BCUT2D eigenvalue weighted by atomic mass is 10.0. The van der Waals surface area contributed by atoms with E-state index < -0.39 is 0 Å². The maximum atomic E-state index is 6.35. The largest absolute Gasteiger partial charge is 0.320 e. The van der Waals surface area contributed by atoms with Crippen molar-refractivity contribution in [1.29, 1.82) is 0 Å². The third kappa shape index (κ3) is 4.01. The summed E-state index contributed by atoms with van der Waals surface area (Å²) in [4.78, 5) is 4.62. The van der Waals surface area contributed by atoms with Gasteiger partial charge in [0.1, 0.15) is 0 Å². The summed E-state index contributed by atoms with van der Waals surface area (Å²) in [6.45, 7) is 2.10. The van der Waals surface area contributed by atoms with E-state index in [4.69, 9.17) is 5.73 Å². The number of benzene rings is 2. The zero-order chi connectivity index (χ0) is 16.1. The number of aryl methyl sites for hydroxylation is 1. The van der Waals surface area contributed by atoms with Gasteiger partial charge in [0, 0.05) is 11.9 Å². The number of nitrogens with two attached hydrogens (primary N) is 1. The normalized spacial score (nSPS) is 12.1. The lowest BCUT2D eigenvalue weighted by Gasteiger charge is -2.14. The smallest absolute Gasteiger partial charge is 0.0992 e. The van der Waals surface area contributed by atoms with Gasteiger partial charge in [-0.3, -0.25) is 0 Å². The molecule has 1 atom stereocenters. The first-order valence-corrected chi connectivity index (χ1v) is 8.66. The summed E-state index contributed by atoms with van der Waals surface area (Å²) in [5.41, 5.74) is 11.0. The number of pyridine rings is 1. The molecule has 0 fully saturated rings. The van der Waals surface area contributed by atoms with Crippen molar-refractivity contribution in [2.75, 3.05) is 0 Å². The number of rotatable bonds is 5. The van der Waals surface area contributed by atoms with Gasteiger partial charge in [-0.2, -0.15) is 0 Å². The van der Waals surface area contributed by atoms with Crippen LogP contribution in [0, 0.1) is 6.92 Å². The molecule has 2 nitrogen and oxygen atoms in total. The Labute approximate surface area is 141 Å². The summed E-state index contributed by atoms with van der Waals surface area (Å²) in [6, 6.07) is 22.6. The lowest BCUT2D eigenvalue weighted by molar-refractivity contribution is 0.850. The zero-order valence-electron chi connectivity index (χ0n) is 13.1. The zero-order valence-corrected chi connectivity index (χ0v) is 14.0. The maximum absolute atomic E-state index is 6.35. The first kappa shape index (κ1) is 15.8. The van der Waals surface area contributed by atoms with Gasteiger partial charge in [0.15, 0.2) is 0 Å². The van der Waals surface area contributed by atoms with E-state index >= 15 is 0 Å². The second kappa shape index (κ2) is 7.44. The molecule has 0 bridgehead atoms. The molecule has 0 amide bonds. The molecule has 0 unspecified atom stereocenters. The Balaban J connectivity index is 1.73. The van der Waals surface area contributed by atoms with Gasteiger partial charge in [-0.15, -0.1) is 11.8 Å². The third-order valence-electron chi connectivity index (χ3n) is 3.79. The Kier molecular flexibility index (Phi) is 5.11. The molecule has 116 valence electrons. The summed E-state index contributed by atoms with van der Waals surface area (Å²) in [5, 5.41) is 1.07. The molecule has 3 heteroatoms. The number of aromatic nitrogens is 1. The number of nitrogens with zero attached hydrogens (tertiary/aromatic N) is 1. The maximum Gasteiger partial charge on any atom is 0.0992 e. The van der Waals surface area contributed by atoms with E-state index in [9.17, 15) is 0 Å². The second-order valence-corrected chi connectivity index (χ2v) is 6.52. The van der Waals surface area contributed by atoms with Gasteiger partial charge in [-0.25, -0.2) is 4.98 Å². The highest BCUT2D eigenvalue weighted by molar-refractivity contribution is 7.98. The molecule has 0 radical (unpaired) electrons. The highest BCUT2D eigenvalue weighted by atomic mass is 32.2. The summed E-state index contributed by atoms with van der Waals surface area (Å²) >= 11 is 1.76. The van der Waals surface area contributed by atoms with Crippen LogP contribution < -0.4 is 5.73 Å². The van der Waals surface area contributed by atoms with Gasteiger partial charge in [-0.1, -0.05) is 60.7 Å². The predicted molar refractivity (Wildman–Crippen MR) is 97.4 cm³/mol. The molecule has 1 heterocycles. The van der Waals surface area contributed by atoms with Gasteiger partial charge >= 0.3 is 0 Å². The SMILES string of the molecule is Cc1cc([C@@H](N)c2ccccc2)cnc1SCc1ccccc1. The molecule has 2 N–H and O–H groups in total. The van der Waals surface area contributed by atoms with Crippen LogP contribution in [0.5, 0.6) is 0 Å². The molecular weight excluding hydrogens is 300 g/mol. The standard InChI is InChI=1S/C20H20N2S/c1-15-12-18(19(21)17-10-6-3-7-11-17)13-22-20(15)23-14-16-8-4-2-5-9-16/h2-13,19H,14,21H2,1H3/t19-/m0/s1. The molecule has 0 aliphatic heterocycles. The molecule has 23 heavy (non-hydrogen) atoms.